The van der Waals surface area contributed by atoms with Gasteiger partial charge in [-0.1, -0.05) is 18.6 Å². The highest BCUT2D eigenvalue weighted by atomic mass is 16.6. The molecule has 5 aliphatic rings. The van der Waals surface area contributed by atoms with Crippen molar-refractivity contribution in [1.29, 1.82) is 0 Å². The van der Waals surface area contributed by atoms with Crippen LogP contribution in [-0.2, 0) is 23.7 Å². The van der Waals surface area contributed by atoms with E-state index in [9.17, 15) is 4.79 Å². The van der Waals surface area contributed by atoms with Crippen molar-refractivity contribution in [1.82, 2.24) is 0 Å². The fraction of sp³-hybridized carbons (Fsp3) is 0.781. The van der Waals surface area contributed by atoms with Gasteiger partial charge in [-0.2, -0.15) is 0 Å². The van der Waals surface area contributed by atoms with Crippen LogP contribution >= 0.6 is 0 Å². The Morgan fingerprint density at radius 3 is 2.18 bits per heavy atom. The molecular weight excluding hydrogens is 480 g/mol. The molecule has 38 heavy (non-hydrogen) atoms. The highest BCUT2D eigenvalue weighted by Crippen LogP contribution is 2.41. The zero-order valence-corrected chi connectivity index (χ0v) is 22.9. The van der Waals surface area contributed by atoms with Crippen molar-refractivity contribution in [3.05, 3.63) is 29.8 Å². The van der Waals surface area contributed by atoms with Gasteiger partial charge in [0, 0.05) is 13.2 Å². The molecule has 0 bridgehead atoms. The molecule has 6 unspecified atom stereocenters. The van der Waals surface area contributed by atoms with Gasteiger partial charge >= 0.3 is 5.97 Å². The average molecular weight is 527 g/mol. The number of hydrogen-bond donors (Lipinski definition) is 0. The summed E-state index contributed by atoms with van der Waals surface area (Å²) >= 11 is 0. The number of epoxide rings is 2. The molecule has 0 N–H and O–H groups in total. The summed E-state index contributed by atoms with van der Waals surface area (Å²) in [5.74, 6) is 2.29. The minimum Gasteiger partial charge on any atom is -0.494 e. The van der Waals surface area contributed by atoms with Crippen LogP contribution in [0.5, 0.6) is 5.75 Å². The van der Waals surface area contributed by atoms with Crippen LogP contribution in [-0.4, -0.2) is 56.3 Å². The third kappa shape index (κ3) is 7.31. The Morgan fingerprint density at radius 2 is 1.45 bits per heavy atom. The molecule has 3 saturated carbocycles. The first-order valence-electron chi connectivity index (χ1n) is 15.5. The molecule has 2 aliphatic heterocycles. The van der Waals surface area contributed by atoms with E-state index >= 15 is 0 Å². The third-order valence-corrected chi connectivity index (χ3v) is 9.56. The lowest BCUT2D eigenvalue weighted by molar-refractivity contribution is -0.156. The smallest absolute Gasteiger partial charge is 0.309 e. The fourth-order valence-corrected chi connectivity index (χ4v) is 6.97. The fourth-order valence-electron chi connectivity index (χ4n) is 6.97. The molecule has 2 saturated heterocycles. The molecule has 0 spiro atoms. The lowest BCUT2D eigenvalue weighted by atomic mass is 9.82. The van der Waals surface area contributed by atoms with Crippen LogP contribution in [0.2, 0.25) is 0 Å². The molecule has 5 fully saturated rings. The highest BCUT2D eigenvalue weighted by Gasteiger charge is 2.46. The van der Waals surface area contributed by atoms with Crippen molar-refractivity contribution in [3.63, 3.8) is 0 Å². The van der Waals surface area contributed by atoms with E-state index in [4.69, 9.17) is 23.7 Å². The molecule has 1 aromatic rings. The summed E-state index contributed by atoms with van der Waals surface area (Å²) in [5.41, 5.74) is 1.38. The molecule has 1 aromatic carbocycles. The van der Waals surface area contributed by atoms with Gasteiger partial charge in [-0.15, -0.1) is 0 Å². The van der Waals surface area contributed by atoms with E-state index in [0.29, 0.717) is 36.3 Å². The van der Waals surface area contributed by atoms with Gasteiger partial charge in [0.15, 0.2) is 0 Å². The summed E-state index contributed by atoms with van der Waals surface area (Å²) in [6.07, 6.45) is 17.2. The molecular formula is C32H46O6. The normalized spacial score (nSPS) is 35.6. The minimum absolute atomic E-state index is 0.0128. The second kappa shape index (κ2) is 12.7. The van der Waals surface area contributed by atoms with Crippen molar-refractivity contribution in [3.8, 4) is 5.75 Å². The number of carbonyl (C=O) groups excluding carboxylic acids is 1. The maximum atomic E-state index is 12.6. The van der Waals surface area contributed by atoms with Gasteiger partial charge in [0.05, 0.1) is 36.9 Å². The maximum Gasteiger partial charge on any atom is 0.309 e. The number of benzene rings is 1. The summed E-state index contributed by atoms with van der Waals surface area (Å²) in [6.45, 7) is 2.57. The zero-order chi connectivity index (χ0) is 25.7. The lowest BCUT2D eigenvalue weighted by Gasteiger charge is -2.30. The molecule has 0 radical (unpaired) electrons. The van der Waals surface area contributed by atoms with Gasteiger partial charge < -0.3 is 23.7 Å². The van der Waals surface area contributed by atoms with E-state index in [0.717, 1.165) is 83.4 Å². The van der Waals surface area contributed by atoms with E-state index in [1.54, 1.807) is 0 Å². The minimum atomic E-state index is 0.0128. The second-order valence-electron chi connectivity index (χ2n) is 12.4. The molecule has 6 nitrogen and oxygen atoms in total. The van der Waals surface area contributed by atoms with Crippen molar-refractivity contribution >= 4 is 5.97 Å². The van der Waals surface area contributed by atoms with Crippen molar-refractivity contribution in [2.45, 2.75) is 126 Å². The molecule has 6 atom stereocenters. The lowest BCUT2D eigenvalue weighted by Crippen LogP contribution is -2.30. The van der Waals surface area contributed by atoms with Crippen molar-refractivity contribution in [2.75, 3.05) is 19.8 Å². The van der Waals surface area contributed by atoms with Crippen LogP contribution in [0.15, 0.2) is 24.3 Å². The summed E-state index contributed by atoms with van der Waals surface area (Å²) in [5, 5.41) is 0. The van der Waals surface area contributed by atoms with E-state index in [2.05, 4.69) is 24.3 Å². The molecule has 3 aliphatic carbocycles. The van der Waals surface area contributed by atoms with Crippen molar-refractivity contribution in [2.24, 2.45) is 11.8 Å². The maximum absolute atomic E-state index is 12.6. The quantitative estimate of drug-likeness (QED) is 0.170. The highest BCUT2D eigenvalue weighted by molar-refractivity contribution is 5.73. The van der Waals surface area contributed by atoms with Gasteiger partial charge in [0.25, 0.3) is 0 Å². The summed E-state index contributed by atoms with van der Waals surface area (Å²) in [6, 6.07) is 8.68. The van der Waals surface area contributed by atoms with Crippen molar-refractivity contribution < 1.29 is 28.5 Å². The van der Waals surface area contributed by atoms with Gasteiger partial charge in [-0.05, 0) is 113 Å². The largest absolute Gasteiger partial charge is 0.494 e. The molecule has 6 heteroatoms. The summed E-state index contributed by atoms with van der Waals surface area (Å²) < 4.78 is 29.0. The molecule has 210 valence electrons. The average Bonchev–Trinajstić information content (AvgIpc) is 3.87. The SMILES string of the molecule is O=C(OC1CCC(c2ccc(OCCCCCCOCC3CCC4OC4C3)cc2)CC1)C1CCC2OC2C1. The van der Waals surface area contributed by atoms with Crippen LogP contribution < -0.4 is 4.74 Å². The number of carbonyl (C=O) groups is 1. The Hall–Kier alpha value is -1.63. The zero-order valence-electron chi connectivity index (χ0n) is 22.9. The molecule has 2 heterocycles. The predicted octanol–water partition coefficient (Wildman–Crippen LogP) is 6.35. The van der Waals surface area contributed by atoms with Gasteiger partial charge in [-0.3, -0.25) is 4.79 Å². The first-order chi connectivity index (χ1) is 18.7. The number of rotatable bonds is 13. The second-order valence-corrected chi connectivity index (χ2v) is 12.4. The first-order valence-corrected chi connectivity index (χ1v) is 15.5. The Kier molecular flexibility index (Phi) is 8.88. The van der Waals surface area contributed by atoms with Crippen LogP contribution in [0.4, 0.5) is 0 Å². The van der Waals surface area contributed by atoms with E-state index in [-0.39, 0.29) is 18.0 Å². The van der Waals surface area contributed by atoms with Crippen LogP contribution in [0.3, 0.4) is 0 Å². The molecule has 0 amide bonds. The summed E-state index contributed by atoms with van der Waals surface area (Å²) in [4.78, 5) is 12.6. The van der Waals surface area contributed by atoms with Crippen LogP contribution in [0, 0.1) is 11.8 Å². The topological polar surface area (TPSA) is 69.8 Å². The molecule has 6 rings (SSSR count). The number of unbranched alkanes of at least 4 members (excludes halogenated alkanes) is 3. The number of ether oxygens (including phenoxy) is 5. The Morgan fingerprint density at radius 1 is 0.737 bits per heavy atom. The summed E-state index contributed by atoms with van der Waals surface area (Å²) in [7, 11) is 0. The first kappa shape index (κ1) is 26.6. The van der Waals surface area contributed by atoms with Gasteiger partial charge in [0.1, 0.15) is 11.9 Å². The number of esters is 1. The van der Waals surface area contributed by atoms with E-state index in [1.807, 2.05) is 0 Å². The third-order valence-electron chi connectivity index (χ3n) is 9.56. The Balaban J connectivity index is 0.793. The van der Waals surface area contributed by atoms with Gasteiger partial charge in [-0.25, -0.2) is 0 Å². The van der Waals surface area contributed by atoms with Gasteiger partial charge in [0.2, 0.25) is 0 Å². The van der Waals surface area contributed by atoms with Crippen LogP contribution in [0.1, 0.15) is 101 Å². The predicted molar refractivity (Wildman–Crippen MR) is 144 cm³/mol. The van der Waals surface area contributed by atoms with E-state index < -0.39 is 0 Å². The monoisotopic (exact) mass is 526 g/mol. The number of hydrogen-bond acceptors (Lipinski definition) is 6. The van der Waals surface area contributed by atoms with E-state index in [1.165, 1.54) is 37.7 Å². The number of fused-ring (bicyclic) bond motifs is 2. The molecule has 0 aromatic heterocycles. The van der Waals surface area contributed by atoms with Crippen LogP contribution in [0.25, 0.3) is 0 Å². The Bertz CT molecular complexity index is 894. The standard InChI is InChI=1S/C32H46O6/c33-32(25-10-16-29-31(20-25)38-29)36-27-13-8-24(9-14-27)23-6-11-26(12-7-23)35-18-4-2-1-3-17-34-21-22-5-15-28-30(19-22)37-28/h6-7,11-12,22,24-25,27-31H,1-5,8-10,13-21H2. The Labute approximate surface area is 228 Å².